The Morgan fingerprint density at radius 1 is 1.16 bits per heavy atom. The van der Waals surface area contributed by atoms with Crippen LogP contribution in [0.15, 0.2) is 54.7 Å². The predicted molar refractivity (Wildman–Crippen MR) is 95.9 cm³/mol. The van der Waals surface area contributed by atoms with Crippen LogP contribution in [0.4, 0.5) is 10.3 Å². The van der Waals surface area contributed by atoms with Gasteiger partial charge < -0.3 is 4.98 Å². The molecule has 2 N–H and O–H groups in total. The number of aromatic nitrogens is 3. The molecule has 0 unspecified atom stereocenters. The first-order valence-electron chi connectivity index (χ1n) is 7.63. The number of carbonyl (C=O) groups excluding carboxylic acids is 1. The summed E-state index contributed by atoms with van der Waals surface area (Å²) in [6, 6.07) is 14.0. The number of para-hydroxylation sites is 2. The van der Waals surface area contributed by atoms with Gasteiger partial charge in [0.05, 0.1) is 17.5 Å². The summed E-state index contributed by atoms with van der Waals surface area (Å²) in [7, 11) is 0. The van der Waals surface area contributed by atoms with Crippen LogP contribution in [-0.2, 0) is 11.2 Å². The maximum atomic E-state index is 13.8. The Hall–Kier alpha value is -3.06. The first-order chi connectivity index (χ1) is 12.2. The number of halogens is 1. The third kappa shape index (κ3) is 3.27. The monoisotopic (exact) mass is 352 g/mol. The number of hydrogen-bond donors (Lipinski definition) is 2. The molecule has 0 saturated heterocycles. The molecule has 7 heteroatoms. The number of H-pyrrole nitrogens is 1. The van der Waals surface area contributed by atoms with Gasteiger partial charge in [0.2, 0.25) is 11.9 Å². The van der Waals surface area contributed by atoms with E-state index in [1.165, 1.54) is 17.4 Å². The van der Waals surface area contributed by atoms with Crippen molar-refractivity contribution in [1.29, 1.82) is 0 Å². The van der Waals surface area contributed by atoms with E-state index in [1.54, 1.807) is 24.4 Å². The van der Waals surface area contributed by atoms with Gasteiger partial charge in [-0.2, -0.15) is 0 Å². The molecule has 2 aromatic carbocycles. The van der Waals surface area contributed by atoms with Crippen LogP contribution in [-0.4, -0.2) is 20.9 Å². The highest BCUT2D eigenvalue weighted by Crippen LogP contribution is 2.27. The van der Waals surface area contributed by atoms with Crippen LogP contribution >= 0.6 is 11.3 Å². The van der Waals surface area contributed by atoms with Gasteiger partial charge in [-0.3, -0.25) is 10.1 Å². The fourth-order valence-corrected chi connectivity index (χ4v) is 3.43. The highest BCUT2D eigenvalue weighted by molar-refractivity contribution is 7.15. The van der Waals surface area contributed by atoms with Gasteiger partial charge in [0.15, 0.2) is 0 Å². The minimum Gasteiger partial charge on any atom is -0.324 e. The average Bonchev–Trinajstić information content (AvgIpc) is 3.21. The van der Waals surface area contributed by atoms with E-state index in [1.807, 2.05) is 24.3 Å². The Morgan fingerprint density at radius 2 is 1.96 bits per heavy atom. The summed E-state index contributed by atoms with van der Waals surface area (Å²) in [5.74, 6) is -0.122. The standard InChI is InChI=1S/C18H13FN4OS/c19-13-6-2-1-5-12(13)17-20-10-11(25-17)9-16(24)23-18-21-14-7-3-4-8-15(14)22-18/h1-8,10H,9H2,(H2,21,22,23,24). The lowest BCUT2D eigenvalue weighted by atomic mass is 10.2. The van der Waals surface area contributed by atoms with Crippen molar-refractivity contribution in [3.05, 3.63) is 65.4 Å². The van der Waals surface area contributed by atoms with E-state index in [0.717, 1.165) is 15.9 Å². The number of nitrogens with zero attached hydrogens (tertiary/aromatic N) is 2. The third-order valence-electron chi connectivity index (χ3n) is 3.64. The van der Waals surface area contributed by atoms with Crippen molar-refractivity contribution in [3.8, 4) is 10.6 Å². The zero-order valence-corrected chi connectivity index (χ0v) is 13.8. The van der Waals surface area contributed by atoms with Crippen molar-refractivity contribution in [2.45, 2.75) is 6.42 Å². The number of hydrogen-bond acceptors (Lipinski definition) is 4. The van der Waals surface area contributed by atoms with Gasteiger partial charge in [-0.15, -0.1) is 11.3 Å². The molecule has 0 saturated carbocycles. The second-order valence-corrected chi connectivity index (χ2v) is 6.55. The normalized spacial score (nSPS) is 10.9. The molecule has 0 aliphatic carbocycles. The lowest BCUT2D eigenvalue weighted by Crippen LogP contribution is -2.14. The second kappa shape index (κ2) is 6.45. The number of benzene rings is 2. The molecule has 2 aromatic heterocycles. The first-order valence-corrected chi connectivity index (χ1v) is 8.45. The van der Waals surface area contributed by atoms with Crippen LogP contribution in [0.25, 0.3) is 21.6 Å². The van der Waals surface area contributed by atoms with E-state index in [9.17, 15) is 9.18 Å². The Bertz CT molecular complexity index is 1020. The third-order valence-corrected chi connectivity index (χ3v) is 4.67. The van der Waals surface area contributed by atoms with E-state index >= 15 is 0 Å². The number of thiazole rings is 1. The minimum absolute atomic E-state index is 0.156. The summed E-state index contributed by atoms with van der Waals surface area (Å²) in [6.07, 6.45) is 1.76. The molecule has 4 rings (SSSR count). The number of amides is 1. The molecular weight excluding hydrogens is 339 g/mol. The summed E-state index contributed by atoms with van der Waals surface area (Å²) >= 11 is 1.30. The summed E-state index contributed by atoms with van der Waals surface area (Å²) in [6.45, 7) is 0. The van der Waals surface area contributed by atoms with Crippen molar-refractivity contribution in [2.75, 3.05) is 5.32 Å². The van der Waals surface area contributed by atoms with Gasteiger partial charge in [0.1, 0.15) is 10.8 Å². The molecular formula is C18H13FN4OS. The maximum absolute atomic E-state index is 13.8. The van der Waals surface area contributed by atoms with Crippen molar-refractivity contribution in [3.63, 3.8) is 0 Å². The number of imidazole rings is 1. The molecule has 0 bridgehead atoms. The lowest BCUT2D eigenvalue weighted by Gasteiger charge is -1.99. The topological polar surface area (TPSA) is 70.7 Å². The van der Waals surface area contributed by atoms with Gasteiger partial charge >= 0.3 is 0 Å². The smallest absolute Gasteiger partial charge is 0.231 e. The van der Waals surface area contributed by atoms with Gasteiger partial charge in [0.25, 0.3) is 0 Å². The number of anilines is 1. The molecule has 0 aliphatic heterocycles. The predicted octanol–water partition coefficient (Wildman–Crippen LogP) is 4.01. The molecule has 0 spiro atoms. The van der Waals surface area contributed by atoms with Crippen LogP contribution in [0.3, 0.4) is 0 Å². The average molecular weight is 352 g/mol. The van der Waals surface area contributed by atoms with E-state index in [4.69, 9.17) is 0 Å². The van der Waals surface area contributed by atoms with Crippen LogP contribution < -0.4 is 5.32 Å². The van der Waals surface area contributed by atoms with Crippen molar-refractivity contribution < 1.29 is 9.18 Å². The molecule has 0 atom stereocenters. The van der Waals surface area contributed by atoms with E-state index in [-0.39, 0.29) is 18.1 Å². The van der Waals surface area contributed by atoms with Crippen molar-refractivity contribution >= 4 is 34.2 Å². The fourth-order valence-electron chi connectivity index (χ4n) is 2.49. The maximum Gasteiger partial charge on any atom is 0.231 e. The van der Waals surface area contributed by atoms with Gasteiger partial charge in [-0.25, -0.2) is 14.4 Å². The summed E-state index contributed by atoms with van der Waals surface area (Å²) < 4.78 is 13.8. The molecule has 124 valence electrons. The largest absolute Gasteiger partial charge is 0.324 e. The summed E-state index contributed by atoms with van der Waals surface area (Å²) in [5.41, 5.74) is 2.09. The van der Waals surface area contributed by atoms with Crippen molar-refractivity contribution in [1.82, 2.24) is 15.0 Å². The molecule has 2 heterocycles. The number of aromatic amines is 1. The Kier molecular flexibility index (Phi) is 3.99. The van der Waals surface area contributed by atoms with Crippen LogP contribution in [0.2, 0.25) is 0 Å². The highest BCUT2D eigenvalue weighted by Gasteiger charge is 2.13. The summed E-state index contributed by atoms with van der Waals surface area (Å²) in [5, 5.41) is 3.30. The minimum atomic E-state index is -0.324. The fraction of sp³-hybridized carbons (Fsp3) is 0.0556. The van der Waals surface area contributed by atoms with E-state index in [2.05, 4.69) is 20.3 Å². The number of carbonyl (C=O) groups is 1. The zero-order valence-electron chi connectivity index (χ0n) is 13.0. The molecule has 0 radical (unpaired) electrons. The summed E-state index contributed by atoms with van der Waals surface area (Å²) in [4.78, 5) is 24.5. The quantitative estimate of drug-likeness (QED) is 0.583. The Morgan fingerprint density at radius 3 is 2.80 bits per heavy atom. The second-order valence-electron chi connectivity index (χ2n) is 5.44. The molecule has 25 heavy (non-hydrogen) atoms. The Labute approximate surface area is 146 Å². The number of rotatable bonds is 4. The first kappa shape index (κ1) is 15.5. The lowest BCUT2D eigenvalue weighted by molar-refractivity contribution is -0.115. The van der Waals surface area contributed by atoms with E-state index in [0.29, 0.717) is 16.5 Å². The molecule has 0 fully saturated rings. The highest BCUT2D eigenvalue weighted by atomic mass is 32.1. The van der Waals surface area contributed by atoms with Gasteiger partial charge in [0, 0.05) is 16.6 Å². The van der Waals surface area contributed by atoms with Gasteiger partial charge in [-0.05, 0) is 24.3 Å². The molecule has 0 aliphatic rings. The van der Waals surface area contributed by atoms with Gasteiger partial charge in [-0.1, -0.05) is 24.3 Å². The van der Waals surface area contributed by atoms with E-state index < -0.39 is 0 Å². The molecule has 5 nitrogen and oxygen atoms in total. The van der Waals surface area contributed by atoms with Crippen molar-refractivity contribution in [2.24, 2.45) is 0 Å². The molecule has 4 aromatic rings. The zero-order chi connectivity index (χ0) is 17.2. The SMILES string of the molecule is O=C(Cc1cnc(-c2ccccc2F)s1)Nc1nc2ccccc2[nH]1. The number of nitrogens with one attached hydrogen (secondary N) is 2. The van der Waals surface area contributed by atoms with Crippen LogP contribution in [0.5, 0.6) is 0 Å². The molecule has 1 amide bonds. The Balaban J connectivity index is 1.47. The number of fused-ring (bicyclic) bond motifs is 1. The van der Waals surface area contributed by atoms with Crippen LogP contribution in [0, 0.1) is 5.82 Å². The van der Waals surface area contributed by atoms with Crippen LogP contribution in [0.1, 0.15) is 4.88 Å².